The Morgan fingerprint density at radius 1 is 0.839 bits per heavy atom. The van der Waals surface area contributed by atoms with Crippen molar-refractivity contribution >= 4 is 11.6 Å². The molecule has 1 heterocycles. The molecule has 0 aliphatic heterocycles. The summed E-state index contributed by atoms with van der Waals surface area (Å²) in [6.07, 6.45) is 4.64. The number of rotatable bonds is 7. The maximum absolute atomic E-state index is 11.6. The zero-order valence-corrected chi connectivity index (χ0v) is 16.7. The Balaban J connectivity index is 1.53. The van der Waals surface area contributed by atoms with Crippen molar-refractivity contribution in [3.8, 4) is 34.1 Å². The normalized spacial score (nSPS) is 10.2. The van der Waals surface area contributed by atoms with E-state index in [-0.39, 0.29) is 5.91 Å². The lowest BCUT2D eigenvalue weighted by atomic mass is 10.1. The molecule has 5 nitrogen and oxygen atoms in total. The molecular weight excluding hydrogens is 388 g/mol. The lowest BCUT2D eigenvalue weighted by Gasteiger charge is -2.12. The lowest BCUT2D eigenvalue weighted by Crippen LogP contribution is -2.07. The van der Waals surface area contributed by atoms with Gasteiger partial charge < -0.3 is 14.8 Å². The van der Waals surface area contributed by atoms with E-state index in [1.54, 1.807) is 18.5 Å². The van der Waals surface area contributed by atoms with Crippen LogP contribution in [0.15, 0.2) is 110 Å². The number of ether oxygens (including phenoxy) is 2. The molecule has 0 aliphatic rings. The van der Waals surface area contributed by atoms with E-state index in [0.717, 1.165) is 22.6 Å². The Bertz CT molecular complexity index is 1190. The second-order valence-electron chi connectivity index (χ2n) is 6.63. The van der Waals surface area contributed by atoms with E-state index in [1.165, 1.54) is 6.08 Å². The summed E-state index contributed by atoms with van der Waals surface area (Å²) in [6.45, 7) is 3.48. The third-order valence-corrected chi connectivity index (χ3v) is 4.44. The van der Waals surface area contributed by atoms with E-state index in [4.69, 9.17) is 9.47 Å². The highest BCUT2D eigenvalue weighted by Crippen LogP contribution is 2.34. The van der Waals surface area contributed by atoms with Crippen molar-refractivity contribution < 1.29 is 14.3 Å². The predicted molar refractivity (Wildman–Crippen MR) is 122 cm³/mol. The molecule has 1 amide bonds. The van der Waals surface area contributed by atoms with Gasteiger partial charge in [0, 0.05) is 23.6 Å². The van der Waals surface area contributed by atoms with Crippen LogP contribution in [-0.4, -0.2) is 10.9 Å². The molecule has 0 unspecified atom stereocenters. The van der Waals surface area contributed by atoms with Gasteiger partial charge in [-0.05, 0) is 66.2 Å². The molecule has 0 aliphatic carbocycles. The van der Waals surface area contributed by atoms with E-state index >= 15 is 0 Å². The summed E-state index contributed by atoms with van der Waals surface area (Å²) < 4.78 is 11.9. The van der Waals surface area contributed by atoms with Crippen LogP contribution in [0.1, 0.15) is 0 Å². The molecule has 1 N–H and O–H groups in total. The minimum Gasteiger partial charge on any atom is -0.457 e. The topological polar surface area (TPSA) is 60.5 Å². The van der Waals surface area contributed by atoms with Gasteiger partial charge in [0.05, 0.1) is 0 Å². The number of hydrogen-bond acceptors (Lipinski definition) is 4. The predicted octanol–water partition coefficient (Wildman–Crippen LogP) is 6.46. The molecule has 3 aromatic carbocycles. The molecule has 0 spiro atoms. The summed E-state index contributed by atoms with van der Waals surface area (Å²) in [4.78, 5) is 15.8. The van der Waals surface area contributed by atoms with Crippen molar-refractivity contribution in [3.63, 3.8) is 0 Å². The van der Waals surface area contributed by atoms with Gasteiger partial charge in [-0.2, -0.15) is 0 Å². The highest BCUT2D eigenvalue weighted by Gasteiger charge is 2.09. The average molecular weight is 408 g/mol. The SMILES string of the molecule is C=CC(=O)Nc1cccc(-c2cnccc2Oc2ccc(Oc3ccccc3)cc2)c1. The molecule has 152 valence electrons. The summed E-state index contributed by atoms with van der Waals surface area (Å²) in [6, 6.07) is 26.3. The van der Waals surface area contributed by atoms with Gasteiger partial charge in [-0.3, -0.25) is 9.78 Å². The number of anilines is 1. The molecule has 0 saturated carbocycles. The van der Waals surface area contributed by atoms with Gasteiger partial charge in [-0.25, -0.2) is 0 Å². The molecule has 0 saturated heterocycles. The van der Waals surface area contributed by atoms with Gasteiger partial charge in [-0.1, -0.05) is 36.9 Å². The number of hydrogen-bond donors (Lipinski definition) is 1. The van der Waals surface area contributed by atoms with Crippen LogP contribution in [0.2, 0.25) is 0 Å². The summed E-state index contributed by atoms with van der Waals surface area (Å²) in [5, 5.41) is 2.76. The minimum absolute atomic E-state index is 0.266. The van der Waals surface area contributed by atoms with Gasteiger partial charge in [0.1, 0.15) is 23.0 Å². The average Bonchev–Trinajstić information content (AvgIpc) is 2.81. The maximum Gasteiger partial charge on any atom is 0.247 e. The fraction of sp³-hybridized carbons (Fsp3) is 0. The van der Waals surface area contributed by atoms with E-state index in [0.29, 0.717) is 17.2 Å². The van der Waals surface area contributed by atoms with Gasteiger partial charge in [0.25, 0.3) is 0 Å². The number of pyridine rings is 1. The maximum atomic E-state index is 11.6. The third-order valence-electron chi connectivity index (χ3n) is 4.44. The molecule has 31 heavy (non-hydrogen) atoms. The Hall–Kier alpha value is -4.38. The smallest absolute Gasteiger partial charge is 0.247 e. The van der Waals surface area contributed by atoms with Crippen LogP contribution in [0.25, 0.3) is 11.1 Å². The molecule has 1 aromatic heterocycles. The first-order valence-electron chi connectivity index (χ1n) is 9.70. The fourth-order valence-electron chi connectivity index (χ4n) is 2.97. The summed E-state index contributed by atoms with van der Waals surface area (Å²) in [7, 11) is 0. The van der Waals surface area contributed by atoms with Gasteiger partial charge in [0.2, 0.25) is 5.91 Å². The lowest BCUT2D eigenvalue weighted by molar-refractivity contribution is -0.111. The molecule has 4 rings (SSSR count). The number of para-hydroxylation sites is 1. The third kappa shape index (κ3) is 5.16. The van der Waals surface area contributed by atoms with Crippen molar-refractivity contribution in [1.82, 2.24) is 4.98 Å². The first kappa shape index (κ1) is 19.9. The van der Waals surface area contributed by atoms with Crippen LogP contribution in [-0.2, 0) is 4.79 Å². The number of nitrogens with one attached hydrogen (secondary N) is 1. The molecule has 4 aromatic rings. The van der Waals surface area contributed by atoms with Crippen LogP contribution >= 0.6 is 0 Å². The van der Waals surface area contributed by atoms with Crippen LogP contribution in [0.5, 0.6) is 23.0 Å². The first-order chi connectivity index (χ1) is 15.2. The summed E-state index contributed by atoms with van der Waals surface area (Å²) in [5.74, 6) is 2.55. The molecule has 5 heteroatoms. The van der Waals surface area contributed by atoms with E-state index in [2.05, 4.69) is 16.9 Å². The van der Waals surface area contributed by atoms with Crippen LogP contribution in [0, 0.1) is 0 Å². The highest BCUT2D eigenvalue weighted by atomic mass is 16.5. The molecule has 0 fully saturated rings. The number of carbonyl (C=O) groups is 1. The van der Waals surface area contributed by atoms with Crippen molar-refractivity contribution in [2.75, 3.05) is 5.32 Å². The summed E-state index contributed by atoms with van der Waals surface area (Å²) in [5.41, 5.74) is 2.34. The highest BCUT2D eigenvalue weighted by molar-refractivity contribution is 5.99. The number of carbonyl (C=O) groups excluding carboxylic acids is 1. The minimum atomic E-state index is -0.266. The van der Waals surface area contributed by atoms with Crippen LogP contribution in [0.3, 0.4) is 0 Å². The van der Waals surface area contributed by atoms with Crippen molar-refractivity contribution in [3.05, 3.63) is 110 Å². The van der Waals surface area contributed by atoms with Crippen LogP contribution < -0.4 is 14.8 Å². The van der Waals surface area contributed by atoms with Crippen molar-refractivity contribution in [2.24, 2.45) is 0 Å². The first-order valence-corrected chi connectivity index (χ1v) is 9.70. The van der Waals surface area contributed by atoms with Gasteiger partial charge in [-0.15, -0.1) is 0 Å². The standard InChI is InChI=1S/C26H20N2O3/c1-2-26(29)28-20-8-6-7-19(17-20)24-18-27-16-15-25(24)31-23-13-11-22(12-14-23)30-21-9-4-3-5-10-21/h2-18H,1H2,(H,28,29). The second kappa shape index (κ2) is 9.41. The monoisotopic (exact) mass is 408 g/mol. The Morgan fingerprint density at radius 2 is 1.55 bits per heavy atom. The van der Waals surface area contributed by atoms with Crippen molar-refractivity contribution in [2.45, 2.75) is 0 Å². The molecular formula is C26H20N2O3. The van der Waals surface area contributed by atoms with Crippen molar-refractivity contribution in [1.29, 1.82) is 0 Å². The van der Waals surface area contributed by atoms with E-state index < -0.39 is 0 Å². The zero-order chi connectivity index (χ0) is 21.5. The quantitative estimate of drug-likeness (QED) is 0.357. The Morgan fingerprint density at radius 3 is 2.29 bits per heavy atom. The van der Waals surface area contributed by atoms with E-state index in [9.17, 15) is 4.79 Å². The number of benzene rings is 3. The second-order valence-corrected chi connectivity index (χ2v) is 6.63. The van der Waals surface area contributed by atoms with Gasteiger partial charge >= 0.3 is 0 Å². The fourth-order valence-corrected chi connectivity index (χ4v) is 2.97. The Labute approximate surface area is 180 Å². The van der Waals surface area contributed by atoms with Crippen LogP contribution in [0.4, 0.5) is 5.69 Å². The molecule has 0 bridgehead atoms. The zero-order valence-electron chi connectivity index (χ0n) is 16.7. The molecule has 0 radical (unpaired) electrons. The number of aromatic nitrogens is 1. The summed E-state index contributed by atoms with van der Waals surface area (Å²) >= 11 is 0. The van der Waals surface area contributed by atoms with E-state index in [1.807, 2.05) is 78.9 Å². The molecule has 0 atom stereocenters. The number of amides is 1. The van der Waals surface area contributed by atoms with Gasteiger partial charge in [0.15, 0.2) is 0 Å². The largest absolute Gasteiger partial charge is 0.457 e. The number of nitrogens with zero attached hydrogens (tertiary/aromatic N) is 1. The Kier molecular flexibility index (Phi) is 6.05.